The zero-order valence-corrected chi connectivity index (χ0v) is 14.5. The summed E-state index contributed by atoms with van der Waals surface area (Å²) in [6, 6.07) is 4.34. The minimum absolute atomic E-state index is 0.0875. The van der Waals surface area contributed by atoms with Crippen LogP contribution in [0.5, 0.6) is 0 Å². The minimum Gasteiger partial charge on any atom is -0.357 e. The Morgan fingerprint density at radius 3 is 2.88 bits per heavy atom. The Morgan fingerprint density at radius 1 is 1.33 bits per heavy atom. The van der Waals surface area contributed by atoms with Crippen molar-refractivity contribution in [3.63, 3.8) is 0 Å². The average molecular weight is 368 g/mol. The summed E-state index contributed by atoms with van der Waals surface area (Å²) >= 11 is 2.67. The summed E-state index contributed by atoms with van der Waals surface area (Å²) in [5.74, 6) is -0.414. The first-order chi connectivity index (χ1) is 11.6. The van der Waals surface area contributed by atoms with Crippen LogP contribution in [0.25, 0.3) is 0 Å². The van der Waals surface area contributed by atoms with Crippen molar-refractivity contribution in [1.29, 1.82) is 0 Å². The number of thioether (sulfide) groups is 1. The van der Waals surface area contributed by atoms with Gasteiger partial charge in [0.1, 0.15) is 5.82 Å². The van der Waals surface area contributed by atoms with Crippen molar-refractivity contribution in [3.05, 3.63) is 39.7 Å². The molecule has 1 N–H and O–H groups in total. The summed E-state index contributed by atoms with van der Waals surface area (Å²) in [5, 5.41) is 23.3. The monoisotopic (exact) mass is 368 g/mol. The number of hydrogen-bond donors (Lipinski definition) is 1. The predicted molar refractivity (Wildman–Crippen MR) is 93.0 cm³/mol. The number of nitrogens with zero attached hydrogens (tertiary/aromatic N) is 3. The number of aromatic nitrogens is 2. The van der Waals surface area contributed by atoms with Gasteiger partial charge in [-0.25, -0.2) is 4.39 Å². The first kappa shape index (κ1) is 17.1. The molecule has 1 aliphatic rings. The molecule has 128 valence electrons. The molecule has 9 heteroatoms. The lowest BCUT2D eigenvalue weighted by atomic mass is 9.96. The van der Waals surface area contributed by atoms with Gasteiger partial charge in [-0.1, -0.05) is 48.4 Å². The predicted octanol–water partition coefficient (Wildman–Crippen LogP) is 4.62. The molecule has 6 nitrogen and oxygen atoms in total. The molecule has 0 atom stereocenters. The van der Waals surface area contributed by atoms with Gasteiger partial charge in [0.25, 0.3) is 5.69 Å². The number of anilines is 1. The molecule has 0 radical (unpaired) electrons. The summed E-state index contributed by atoms with van der Waals surface area (Å²) < 4.78 is 14.5. The van der Waals surface area contributed by atoms with Crippen LogP contribution in [0.2, 0.25) is 0 Å². The largest absolute Gasteiger partial charge is 0.357 e. The highest BCUT2D eigenvalue weighted by Gasteiger charge is 2.19. The summed E-state index contributed by atoms with van der Waals surface area (Å²) in [5.41, 5.74) is -0.114. The van der Waals surface area contributed by atoms with Gasteiger partial charge < -0.3 is 5.32 Å². The van der Waals surface area contributed by atoms with E-state index in [0.29, 0.717) is 10.4 Å². The maximum atomic E-state index is 13.9. The van der Waals surface area contributed by atoms with E-state index in [0.717, 1.165) is 18.0 Å². The third-order valence-corrected chi connectivity index (χ3v) is 5.98. The number of rotatable bonds is 6. The normalized spacial score (nSPS) is 15.4. The fourth-order valence-corrected chi connectivity index (χ4v) is 4.60. The van der Waals surface area contributed by atoms with Crippen LogP contribution in [0.15, 0.2) is 22.5 Å². The topological polar surface area (TPSA) is 81.0 Å². The molecule has 0 spiro atoms. The van der Waals surface area contributed by atoms with E-state index in [9.17, 15) is 14.5 Å². The van der Waals surface area contributed by atoms with Crippen molar-refractivity contribution in [2.24, 2.45) is 0 Å². The molecule has 1 saturated carbocycles. The van der Waals surface area contributed by atoms with Crippen molar-refractivity contribution in [2.75, 3.05) is 5.32 Å². The van der Waals surface area contributed by atoms with E-state index in [2.05, 4.69) is 15.5 Å². The van der Waals surface area contributed by atoms with E-state index in [4.69, 9.17) is 0 Å². The Hall–Kier alpha value is -1.74. The van der Waals surface area contributed by atoms with E-state index in [1.54, 1.807) is 0 Å². The van der Waals surface area contributed by atoms with Gasteiger partial charge in [-0.2, -0.15) is 0 Å². The van der Waals surface area contributed by atoms with Gasteiger partial charge in [0.05, 0.1) is 10.5 Å². The van der Waals surface area contributed by atoms with Gasteiger partial charge >= 0.3 is 0 Å². The van der Waals surface area contributed by atoms with Crippen molar-refractivity contribution in [3.8, 4) is 0 Å². The van der Waals surface area contributed by atoms with Crippen molar-refractivity contribution >= 4 is 33.9 Å². The molecule has 1 fully saturated rings. The van der Waals surface area contributed by atoms with Crippen molar-refractivity contribution in [2.45, 2.75) is 48.2 Å². The second-order valence-electron chi connectivity index (χ2n) is 5.64. The van der Waals surface area contributed by atoms with Crippen LogP contribution in [-0.2, 0) is 5.75 Å². The van der Waals surface area contributed by atoms with Crippen LogP contribution in [0.1, 0.15) is 37.7 Å². The first-order valence-corrected chi connectivity index (χ1v) is 9.58. The van der Waals surface area contributed by atoms with Crippen molar-refractivity contribution in [1.82, 2.24) is 10.2 Å². The zero-order chi connectivity index (χ0) is 16.9. The number of benzene rings is 1. The number of nitro groups is 1. The molecular weight excluding hydrogens is 351 g/mol. The number of hydrogen-bond acceptors (Lipinski definition) is 7. The lowest BCUT2D eigenvalue weighted by Crippen LogP contribution is -2.21. The molecule has 0 unspecified atom stereocenters. The van der Waals surface area contributed by atoms with E-state index in [1.165, 1.54) is 60.6 Å². The number of nitro benzene ring substituents is 1. The standard InChI is InChI=1S/C15H17FN4O2S2/c16-12-7-4-8-13(20(21)22)11(12)9-23-15-19-18-14(24-15)17-10-5-2-1-3-6-10/h4,7-8,10H,1-3,5-6,9H2,(H,17,18). The Morgan fingerprint density at radius 2 is 2.12 bits per heavy atom. The molecule has 1 aromatic carbocycles. The quantitative estimate of drug-likeness (QED) is 0.455. The van der Waals surface area contributed by atoms with Crippen LogP contribution < -0.4 is 5.32 Å². The smallest absolute Gasteiger partial charge is 0.276 e. The number of nitrogens with one attached hydrogen (secondary N) is 1. The van der Waals surface area contributed by atoms with Crippen LogP contribution in [0, 0.1) is 15.9 Å². The summed E-state index contributed by atoms with van der Waals surface area (Å²) in [7, 11) is 0. The fraction of sp³-hybridized carbons (Fsp3) is 0.467. The fourth-order valence-electron chi connectivity index (χ4n) is 2.74. The van der Waals surface area contributed by atoms with E-state index >= 15 is 0 Å². The summed E-state index contributed by atoms with van der Waals surface area (Å²) in [6.45, 7) is 0. The summed E-state index contributed by atoms with van der Waals surface area (Å²) in [6.07, 6.45) is 6.04. The molecule has 1 heterocycles. The van der Waals surface area contributed by atoms with Gasteiger partial charge in [-0.05, 0) is 18.9 Å². The molecule has 1 aliphatic carbocycles. The molecule has 1 aromatic heterocycles. The minimum atomic E-state index is -0.568. The van der Waals surface area contributed by atoms with E-state index in [-0.39, 0.29) is 17.0 Å². The lowest BCUT2D eigenvalue weighted by Gasteiger charge is -2.21. The maximum Gasteiger partial charge on any atom is 0.276 e. The Balaban J connectivity index is 1.62. The number of halogens is 1. The highest BCUT2D eigenvalue weighted by Crippen LogP contribution is 2.33. The molecule has 3 rings (SSSR count). The SMILES string of the molecule is O=[N+]([O-])c1cccc(F)c1CSc1nnc(NC2CCCCC2)s1. The average Bonchev–Trinajstić information content (AvgIpc) is 3.01. The highest BCUT2D eigenvalue weighted by atomic mass is 32.2. The molecule has 0 amide bonds. The van der Waals surface area contributed by atoms with Gasteiger partial charge in [0.2, 0.25) is 5.13 Å². The van der Waals surface area contributed by atoms with Crippen molar-refractivity contribution < 1.29 is 9.31 Å². The zero-order valence-electron chi connectivity index (χ0n) is 12.9. The molecular formula is C15H17FN4O2S2. The van der Waals surface area contributed by atoms with Crippen LogP contribution >= 0.6 is 23.1 Å². The second kappa shape index (κ2) is 7.89. The Kier molecular flexibility index (Phi) is 5.62. The second-order valence-corrected chi connectivity index (χ2v) is 7.84. The van der Waals surface area contributed by atoms with Crippen LogP contribution in [0.3, 0.4) is 0 Å². The molecule has 0 saturated heterocycles. The van der Waals surface area contributed by atoms with Crippen LogP contribution in [0.4, 0.5) is 15.2 Å². The van der Waals surface area contributed by atoms with Gasteiger partial charge in [0, 0.05) is 17.9 Å². The highest BCUT2D eigenvalue weighted by molar-refractivity contribution is 8.00. The molecule has 24 heavy (non-hydrogen) atoms. The molecule has 0 aliphatic heterocycles. The Bertz CT molecular complexity index is 719. The first-order valence-electron chi connectivity index (χ1n) is 7.78. The van der Waals surface area contributed by atoms with Gasteiger partial charge in [0.15, 0.2) is 4.34 Å². The summed E-state index contributed by atoms with van der Waals surface area (Å²) in [4.78, 5) is 10.4. The van der Waals surface area contributed by atoms with E-state index in [1.807, 2.05) is 0 Å². The Labute approximate surface area is 147 Å². The van der Waals surface area contributed by atoms with Gasteiger partial charge in [-0.3, -0.25) is 10.1 Å². The third kappa shape index (κ3) is 4.21. The lowest BCUT2D eigenvalue weighted by molar-refractivity contribution is -0.385. The van der Waals surface area contributed by atoms with E-state index < -0.39 is 10.7 Å². The third-order valence-electron chi connectivity index (χ3n) is 3.97. The molecule has 0 bridgehead atoms. The molecule has 2 aromatic rings. The van der Waals surface area contributed by atoms with Crippen LogP contribution in [-0.4, -0.2) is 21.2 Å². The van der Waals surface area contributed by atoms with Gasteiger partial charge in [-0.15, -0.1) is 10.2 Å². The maximum absolute atomic E-state index is 13.9.